The standard InChI is InChI=1S/C15H14ClN5S/c16-11-4-1-3-10(7-11)8-12(17)13-9-22-15(20-13)21-14-18-5-2-6-19-14/h1-7,9,12H,8,17H2,(H,18,19,20,21). The number of anilines is 2. The number of rotatable bonds is 5. The van der Waals surface area contributed by atoms with E-state index in [0.29, 0.717) is 17.4 Å². The van der Waals surface area contributed by atoms with Gasteiger partial charge in [0.15, 0.2) is 5.13 Å². The van der Waals surface area contributed by atoms with Crippen LogP contribution in [0.25, 0.3) is 0 Å². The van der Waals surface area contributed by atoms with Crippen LogP contribution in [0, 0.1) is 0 Å². The van der Waals surface area contributed by atoms with Gasteiger partial charge in [0.1, 0.15) is 0 Å². The van der Waals surface area contributed by atoms with Gasteiger partial charge in [0.25, 0.3) is 0 Å². The zero-order chi connectivity index (χ0) is 15.4. The number of hydrogen-bond donors (Lipinski definition) is 2. The number of halogens is 1. The topological polar surface area (TPSA) is 76.7 Å². The Bertz CT molecular complexity index is 746. The normalized spacial score (nSPS) is 12.1. The van der Waals surface area contributed by atoms with E-state index in [1.54, 1.807) is 18.5 Å². The number of nitrogens with two attached hydrogens (primary N) is 1. The predicted octanol–water partition coefficient (Wildman–Crippen LogP) is 3.57. The van der Waals surface area contributed by atoms with Crippen LogP contribution in [0.2, 0.25) is 5.02 Å². The minimum absolute atomic E-state index is 0.179. The highest BCUT2D eigenvalue weighted by Gasteiger charge is 2.12. The van der Waals surface area contributed by atoms with Gasteiger partial charge in [-0.3, -0.25) is 0 Å². The Balaban J connectivity index is 1.68. The molecule has 0 aliphatic rings. The Morgan fingerprint density at radius 3 is 2.82 bits per heavy atom. The molecule has 2 heterocycles. The van der Waals surface area contributed by atoms with Crippen molar-refractivity contribution in [2.24, 2.45) is 5.73 Å². The van der Waals surface area contributed by atoms with E-state index in [1.807, 2.05) is 29.6 Å². The van der Waals surface area contributed by atoms with Crippen LogP contribution in [0.1, 0.15) is 17.3 Å². The van der Waals surface area contributed by atoms with Crippen molar-refractivity contribution in [1.29, 1.82) is 0 Å². The van der Waals surface area contributed by atoms with Gasteiger partial charge in [-0.05, 0) is 30.2 Å². The van der Waals surface area contributed by atoms with Gasteiger partial charge in [-0.15, -0.1) is 11.3 Å². The molecule has 2 aromatic heterocycles. The Labute approximate surface area is 137 Å². The summed E-state index contributed by atoms with van der Waals surface area (Å²) in [5.74, 6) is 0.520. The van der Waals surface area contributed by atoms with Crippen molar-refractivity contribution in [3.63, 3.8) is 0 Å². The molecule has 0 saturated carbocycles. The van der Waals surface area contributed by atoms with E-state index < -0.39 is 0 Å². The SMILES string of the molecule is NC(Cc1cccc(Cl)c1)c1csc(Nc2ncccn2)n1. The third-order valence-electron chi connectivity index (χ3n) is 3.03. The molecule has 22 heavy (non-hydrogen) atoms. The van der Waals surface area contributed by atoms with Crippen molar-refractivity contribution in [3.8, 4) is 0 Å². The monoisotopic (exact) mass is 331 g/mol. The molecule has 7 heteroatoms. The second-order valence-corrected chi connectivity index (χ2v) is 6.01. The van der Waals surface area contributed by atoms with E-state index in [9.17, 15) is 0 Å². The van der Waals surface area contributed by atoms with Crippen LogP contribution >= 0.6 is 22.9 Å². The lowest BCUT2D eigenvalue weighted by Crippen LogP contribution is -2.13. The van der Waals surface area contributed by atoms with Gasteiger partial charge in [-0.25, -0.2) is 15.0 Å². The Kier molecular flexibility index (Phi) is 4.62. The Morgan fingerprint density at radius 1 is 1.23 bits per heavy atom. The molecule has 0 aliphatic heterocycles. The van der Waals surface area contributed by atoms with E-state index in [-0.39, 0.29) is 6.04 Å². The number of nitrogens with one attached hydrogen (secondary N) is 1. The van der Waals surface area contributed by atoms with E-state index in [0.717, 1.165) is 16.4 Å². The van der Waals surface area contributed by atoms with Crippen LogP contribution in [0.4, 0.5) is 11.1 Å². The summed E-state index contributed by atoms with van der Waals surface area (Å²) in [4.78, 5) is 12.7. The van der Waals surface area contributed by atoms with Crippen molar-refractivity contribution in [2.75, 3.05) is 5.32 Å². The maximum atomic E-state index is 6.23. The first-order valence-electron chi connectivity index (χ1n) is 6.70. The van der Waals surface area contributed by atoms with Crippen molar-refractivity contribution >= 4 is 34.0 Å². The predicted molar refractivity (Wildman–Crippen MR) is 89.5 cm³/mol. The summed E-state index contributed by atoms with van der Waals surface area (Å²) < 4.78 is 0. The molecule has 3 aromatic rings. The molecule has 3 N–H and O–H groups in total. The summed E-state index contributed by atoms with van der Waals surface area (Å²) in [7, 11) is 0. The van der Waals surface area contributed by atoms with Crippen molar-refractivity contribution in [1.82, 2.24) is 15.0 Å². The average Bonchev–Trinajstić information content (AvgIpc) is 2.97. The molecular weight excluding hydrogens is 318 g/mol. The summed E-state index contributed by atoms with van der Waals surface area (Å²) in [5.41, 5.74) is 8.15. The zero-order valence-electron chi connectivity index (χ0n) is 11.6. The molecular formula is C15H14ClN5S. The second-order valence-electron chi connectivity index (χ2n) is 4.72. The first-order chi connectivity index (χ1) is 10.7. The van der Waals surface area contributed by atoms with Crippen molar-refractivity contribution < 1.29 is 0 Å². The Hall–Kier alpha value is -2.02. The summed E-state index contributed by atoms with van der Waals surface area (Å²) in [6.07, 6.45) is 4.04. The lowest BCUT2D eigenvalue weighted by Gasteiger charge is -2.09. The summed E-state index contributed by atoms with van der Waals surface area (Å²) >= 11 is 7.47. The van der Waals surface area contributed by atoms with Gasteiger partial charge < -0.3 is 11.1 Å². The number of aromatic nitrogens is 3. The largest absolute Gasteiger partial charge is 0.322 e. The molecule has 3 rings (SSSR count). The van der Waals surface area contributed by atoms with Gasteiger partial charge >= 0.3 is 0 Å². The third kappa shape index (κ3) is 3.79. The summed E-state index contributed by atoms with van der Waals surface area (Å²) in [6.45, 7) is 0. The molecule has 0 saturated heterocycles. The minimum Gasteiger partial charge on any atom is -0.322 e. The molecule has 1 aromatic carbocycles. The molecule has 0 aliphatic carbocycles. The van der Waals surface area contributed by atoms with Gasteiger partial charge in [-0.2, -0.15) is 0 Å². The van der Waals surface area contributed by atoms with Crippen LogP contribution in [0.3, 0.4) is 0 Å². The summed E-state index contributed by atoms with van der Waals surface area (Å²) in [6, 6.07) is 9.29. The molecule has 0 radical (unpaired) electrons. The van der Waals surface area contributed by atoms with E-state index >= 15 is 0 Å². The second kappa shape index (κ2) is 6.83. The molecule has 5 nitrogen and oxygen atoms in total. The molecule has 0 bridgehead atoms. The fourth-order valence-electron chi connectivity index (χ4n) is 2.00. The summed E-state index contributed by atoms with van der Waals surface area (Å²) in [5, 5.41) is 6.44. The van der Waals surface area contributed by atoms with Gasteiger partial charge in [0, 0.05) is 22.8 Å². The van der Waals surface area contributed by atoms with Crippen LogP contribution in [-0.2, 0) is 6.42 Å². The zero-order valence-corrected chi connectivity index (χ0v) is 13.2. The van der Waals surface area contributed by atoms with Crippen molar-refractivity contribution in [2.45, 2.75) is 12.5 Å². The van der Waals surface area contributed by atoms with Gasteiger partial charge in [0.2, 0.25) is 5.95 Å². The van der Waals surface area contributed by atoms with Crippen LogP contribution in [-0.4, -0.2) is 15.0 Å². The quantitative estimate of drug-likeness (QED) is 0.747. The highest BCUT2D eigenvalue weighted by atomic mass is 35.5. The highest BCUT2D eigenvalue weighted by Crippen LogP contribution is 2.24. The molecule has 112 valence electrons. The van der Waals surface area contributed by atoms with Crippen molar-refractivity contribution in [3.05, 3.63) is 64.4 Å². The van der Waals surface area contributed by atoms with Gasteiger partial charge in [-0.1, -0.05) is 23.7 Å². The lowest BCUT2D eigenvalue weighted by molar-refractivity contribution is 0.702. The molecule has 1 atom stereocenters. The maximum Gasteiger partial charge on any atom is 0.228 e. The fraction of sp³-hybridized carbons (Fsp3) is 0.133. The van der Waals surface area contributed by atoms with E-state index in [4.69, 9.17) is 17.3 Å². The number of hydrogen-bond acceptors (Lipinski definition) is 6. The smallest absolute Gasteiger partial charge is 0.228 e. The van der Waals surface area contributed by atoms with E-state index in [2.05, 4.69) is 20.3 Å². The third-order valence-corrected chi connectivity index (χ3v) is 4.04. The lowest BCUT2D eigenvalue weighted by atomic mass is 10.1. The van der Waals surface area contributed by atoms with Gasteiger partial charge in [0.05, 0.1) is 11.7 Å². The first-order valence-corrected chi connectivity index (χ1v) is 7.96. The number of nitrogens with zero attached hydrogens (tertiary/aromatic N) is 3. The van der Waals surface area contributed by atoms with Crippen LogP contribution < -0.4 is 11.1 Å². The molecule has 0 fully saturated rings. The minimum atomic E-state index is -0.179. The average molecular weight is 332 g/mol. The number of thiazole rings is 1. The molecule has 0 spiro atoms. The molecule has 0 amide bonds. The first kappa shape index (κ1) is 14.9. The highest BCUT2D eigenvalue weighted by molar-refractivity contribution is 7.13. The van der Waals surface area contributed by atoms with Crippen LogP contribution in [0.5, 0.6) is 0 Å². The molecule has 1 unspecified atom stereocenters. The Morgan fingerprint density at radius 2 is 2.05 bits per heavy atom. The van der Waals surface area contributed by atoms with E-state index in [1.165, 1.54) is 11.3 Å². The fourth-order valence-corrected chi connectivity index (χ4v) is 2.98. The maximum absolute atomic E-state index is 6.23. The van der Waals surface area contributed by atoms with Crippen LogP contribution in [0.15, 0.2) is 48.1 Å². The number of benzene rings is 1.